The Morgan fingerprint density at radius 1 is 1.16 bits per heavy atom. The van der Waals surface area contributed by atoms with Crippen LogP contribution in [0.2, 0.25) is 5.02 Å². The number of allylic oxidation sites excluding steroid dienone is 1. The molecule has 7 nitrogen and oxygen atoms in total. The van der Waals surface area contributed by atoms with Crippen molar-refractivity contribution in [3.8, 4) is 17.2 Å². The Morgan fingerprint density at radius 3 is 2.72 bits per heavy atom. The number of methoxy groups -OCH3 is 1. The summed E-state index contributed by atoms with van der Waals surface area (Å²) in [5.41, 5.74) is 1.74. The summed E-state index contributed by atoms with van der Waals surface area (Å²) in [5.74, 6) is 1.57. The summed E-state index contributed by atoms with van der Waals surface area (Å²) in [6, 6.07) is 12.5. The highest BCUT2D eigenvalue weighted by molar-refractivity contribution is 8.16. The van der Waals surface area contributed by atoms with E-state index in [0.29, 0.717) is 40.5 Å². The number of hydrogen-bond acceptors (Lipinski definition) is 6. The molecular formula is C23H20ClN3O4S. The van der Waals surface area contributed by atoms with E-state index >= 15 is 0 Å². The van der Waals surface area contributed by atoms with Gasteiger partial charge in [-0.1, -0.05) is 35.5 Å². The quantitative estimate of drug-likeness (QED) is 0.455. The van der Waals surface area contributed by atoms with E-state index in [-0.39, 0.29) is 11.4 Å². The number of fused-ring (bicyclic) bond motifs is 1. The SMILES string of the molecule is COc1cccc(OCCOc2ccc(/C=C3/C(=N)N4C(C)=CSC4=NC3=O)cc2Cl)c1. The summed E-state index contributed by atoms with van der Waals surface area (Å²) < 4.78 is 16.5. The van der Waals surface area contributed by atoms with Crippen LogP contribution in [0.25, 0.3) is 6.08 Å². The number of benzene rings is 2. The Kier molecular flexibility index (Phi) is 6.53. The van der Waals surface area contributed by atoms with Crippen molar-refractivity contribution in [3.63, 3.8) is 0 Å². The van der Waals surface area contributed by atoms with Gasteiger partial charge in [-0.05, 0) is 48.2 Å². The molecule has 0 aromatic heterocycles. The molecule has 4 rings (SSSR count). The molecule has 0 saturated heterocycles. The van der Waals surface area contributed by atoms with Crippen LogP contribution in [0, 0.1) is 5.41 Å². The fourth-order valence-electron chi connectivity index (χ4n) is 3.13. The molecule has 2 heterocycles. The first-order valence-electron chi connectivity index (χ1n) is 9.72. The van der Waals surface area contributed by atoms with E-state index in [1.165, 1.54) is 11.8 Å². The zero-order valence-corrected chi connectivity index (χ0v) is 19.0. The van der Waals surface area contributed by atoms with E-state index in [0.717, 1.165) is 11.4 Å². The van der Waals surface area contributed by atoms with E-state index in [9.17, 15) is 4.79 Å². The van der Waals surface area contributed by atoms with Crippen LogP contribution in [0.5, 0.6) is 17.2 Å². The molecule has 0 atom stereocenters. The van der Waals surface area contributed by atoms with Gasteiger partial charge in [-0.15, -0.1) is 0 Å². The normalized spacial score (nSPS) is 16.6. The van der Waals surface area contributed by atoms with Crippen molar-refractivity contribution >= 4 is 46.3 Å². The van der Waals surface area contributed by atoms with Gasteiger partial charge in [-0.2, -0.15) is 4.99 Å². The van der Waals surface area contributed by atoms with Gasteiger partial charge >= 0.3 is 0 Å². The molecule has 9 heteroatoms. The van der Waals surface area contributed by atoms with Gasteiger partial charge in [-0.25, -0.2) is 0 Å². The number of amides is 1. The molecule has 0 bridgehead atoms. The number of hydrogen-bond donors (Lipinski definition) is 1. The average molecular weight is 470 g/mol. The van der Waals surface area contributed by atoms with Gasteiger partial charge in [0.1, 0.15) is 36.3 Å². The van der Waals surface area contributed by atoms with Crippen LogP contribution in [-0.4, -0.2) is 42.1 Å². The molecule has 1 amide bonds. The van der Waals surface area contributed by atoms with Gasteiger partial charge in [0.25, 0.3) is 5.91 Å². The summed E-state index contributed by atoms with van der Waals surface area (Å²) in [7, 11) is 1.60. The van der Waals surface area contributed by atoms with Crippen LogP contribution in [0.1, 0.15) is 12.5 Å². The summed E-state index contributed by atoms with van der Waals surface area (Å²) in [6.07, 6.45) is 1.61. The Balaban J connectivity index is 1.39. The summed E-state index contributed by atoms with van der Waals surface area (Å²) in [4.78, 5) is 18.1. The molecule has 1 N–H and O–H groups in total. The van der Waals surface area contributed by atoms with Gasteiger partial charge in [0.15, 0.2) is 5.17 Å². The lowest BCUT2D eigenvalue weighted by atomic mass is 10.1. The molecule has 0 spiro atoms. The zero-order chi connectivity index (χ0) is 22.7. The van der Waals surface area contributed by atoms with Crippen LogP contribution in [0.15, 0.2) is 64.1 Å². The first kappa shape index (κ1) is 22.0. The van der Waals surface area contributed by atoms with Crippen LogP contribution in [-0.2, 0) is 4.79 Å². The Morgan fingerprint density at radius 2 is 1.94 bits per heavy atom. The fraction of sp³-hybridized carbons (Fsp3) is 0.174. The number of carbonyl (C=O) groups is 1. The first-order valence-corrected chi connectivity index (χ1v) is 11.0. The number of halogens is 1. The largest absolute Gasteiger partial charge is 0.497 e. The minimum absolute atomic E-state index is 0.102. The number of carbonyl (C=O) groups excluding carboxylic acids is 1. The number of aliphatic imine (C=N–C) groups is 1. The Labute approximate surface area is 194 Å². The maximum atomic E-state index is 12.4. The third-order valence-corrected chi connectivity index (χ3v) is 5.94. The predicted octanol–water partition coefficient (Wildman–Crippen LogP) is 4.97. The molecule has 0 unspecified atom stereocenters. The number of thioether (sulfide) groups is 1. The third kappa shape index (κ3) is 4.66. The van der Waals surface area contributed by atoms with Crippen molar-refractivity contribution in [2.75, 3.05) is 20.3 Å². The monoisotopic (exact) mass is 469 g/mol. The molecule has 0 saturated carbocycles. The van der Waals surface area contributed by atoms with Crippen LogP contribution >= 0.6 is 23.4 Å². The highest BCUT2D eigenvalue weighted by Crippen LogP contribution is 2.32. The van der Waals surface area contributed by atoms with Crippen molar-refractivity contribution in [2.24, 2.45) is 4.99 Å². The number of nitrogens with zero attached hydrogens (tertiary/aromatic N) is 2. The first-order chi connectivity index (χ1) is 15.5. The molecule has 2 aliphatic rings. The standard InChI is InChI=1S/C23H20ClN3O4S/c1-14-13-32-23-26-22(28)18(21(25)27(14)23)10-15-6-7-20(19(24)11-15)31-9-8-30-17-5-3-4-16(12-17)29-2/h3-7,10-13,25H,8-9H2,1-2H3/b18-10-,25-21?. The molecule has 2 aromatic carbocycles. The van der Waals surface area contributed by atoms with Gasteiger partial charge in [0.05, 0.1) is 17.7 Å². The van der Waals surface area contributed by atoms with Crippen LogP contribution in [0.4, 0.5) is 0 Å². The Bertz CT molecular complexity index is 1180. The Hall–Kier alpha value is -3.23. The van der Waals surface area contributed by atoms with Crippen LogP contribution in [0.3, 0.4) is 0 Å². The van der Waals surface area contributed by atoms with Crippen molar-refractivity contribution in [2.45, 2.75) is 6.92 Å². The topological polar surface area (TPSA) is 84.2 Å². The molecule has 2 aromatic rings. The average Bonchev–Trinajstić information content (AvgIpc) is 3.15. The smallest absolute Gasteiger partial charge is 0.283 e. The molecule has 164 valence electrons. The number of ether oxygens (including phenoxy) is 3. The maximum absolute atomic E-state index is 12.4. The summed E-state index contributed by atoms with van der Waals surface area (Å²) in [5, 5.41) is 11.2. The zero-order valence-electron chi connectivity index (χ0n) is 17.4. The van der Waals surface area contributed by atoms with Gasteiger partial charge in [-0.3, -0.25) is 15.1 Å². The molecule has 2 aliphatic heterocycles. The predicted molar refractivity (Wildman–Crippen MR) is 127 cm³/mol. The second kappa shape index (κ2) is 9.50. The highest BCUT2D eigenvalue weighted by Gasteiger charge is 2.33. The second-order valence-electron chi connectivity index (χ2n) is 6.88. The lowest BCUT2D eigenvalue weighted by Crippen LogP contribution is -2.37. The molecular weight excluding hydrogens is 450 g/mol. The maximum Gasteiger partial charge on any atom is 0.283 e. The van der Waals surface area contributed by atoms with Gasteiger partial charge in [0, 0.05) is 11.8 Å². The molecule has 0 radical (unpaired) electrons. The number of amidine groups is 2. The van der Waals surface area contributed by atoms with Crippen molar-refractivity contribution in [1.29, 1.82) is 5.41 Å². The minimum Gasteiger partial charge on any atom is -0.497 e. The molecule has 0 fully saturated rings. The lowest BCUT2D eigenvalue weighted by Gasteiger charge is -2.25. The minimum atomic E-state index is -0.442. The van der Waals surface area contributed by atoms with Crippen molar-refractivity contribution < 1.29 is 19.0 Å². The summed E-state index contributed by atoms with van der Waals surface area (Å²) >= 11 is 7.70. The van der Waals surface area contributed by atoms with Gasteiger partial charge in [0.2, 0.25) is 0 Å². The lowest BCUT2D eigenvalue weighted by molar-refractivity contribution is -0.114. The molecule has 0 aliphatic carbocycles. The fourth-order valence-corrected chi connectivity index (χ4v) is 4.24. The summed E-state index contributed by atoms with van der Waals surface area (Å²) in [6.45, 7) is 2.51. The van der Waals surface area contributed by atoms with Crippen LogP contribution < -0.4 is 14.2 Å². The third-order valence-electron chi connectivity index (χ3n) is 4.70. The van der Waals surface area contributed by atoms with Crippen molar-refractivity contribution in [3.05, 3.63) is 69.7 Å². The highest BCUT2D eigenvalue weighted by atomic mass is 35.5. The van der Waals surface area contributed by atoms with Gasteiger partial charge < -0.3 is 14.2 Å². The number of rotatable bonds is 7. The molecule has 32 heavy (non-hydrogen) atoms. The van der Waals surface area contributed by atoms with E-state index in [1.54, 1.807) is 42.4 Å². The van der Waals surface area contributed by atoms with E-state index < -0.39 is 5.91 Å². The van der Waals surface area contributed by atoms with E-state index in [4.69, 9.17) is 31.2 Å². The van der Waals surface area contributed by atoms with E-state index in [1.807, 2.05) is 30.5 Å². The van der Waals surface area contributed by atoms with Crippen molar-refractivity contribution in [1.82, 2.24) is 4.90 Å². The van der Waals surface area contributed by atoms with E-state index in [2.05, 4.69) is 4.99 Å². The second-order valence-corrected chi connectivity index (χ2v) is 8.13. The number of nitrogens with one attached hydrogen (secondary N) is 1.